The molecule has 2 N–H and O–H groups in total. The molecule has 0 saturated heterocycles. The second-order valence-corrected chi connectivity index (χ2v) is 5.08. The van der Waals surface area contributed by atoms with E-state index < -0.39 is 5.97 Å². The smallest absolute Gasteiger partial charge is 0.339 e. The number of aromatic nitrogens is 3. The third kappa shape index (κ3) is 3.81. The fourth-order valence-corrected chi connectivity index (χ4v) is 2.20. The molecule has 2 heterocycles. The molecule has 2 aromatic rings. The summed E-state index contributed by atoms with van der Waals surface area (Å²) < 4.78 is 1.96. The Labute approximate surface area is 123 Å². The lowest BCUT2D eigenvalue weighted by Gasteiger charge is -2.10. The van der Waals surface area contributed by atoms with Crippen molar-refractivity contribution in [3.63, 3.8) is 0 Å². The Morgan fingerprint density at radius 3 is 2.67 bits per heavy atom. The van der Waals surface area contributed by atoms with Crippen LogP contribution in [0.5, 0.6) is 0 Å². The zero-order chi connectivity index (χ0) is 15.4. The van der Waals surface area contributed by atoms with Gasteiger partial charge in [-0.25, -0.2) is 9.78 Å². The quantitative estimate of drug-likeness (QED) is 0.798. The van der Waals surface area contributed by atoms with Crippen LogP contribution >= 0.6 is 0 Å². The Morgan fingerprint density at radius 1 is 1.29 bits per heavy atom. The number of anilines is 1. The summed E-state index contributed by atoms with van der Waals surface area (Å²) in [5.74, 6) is -0.542. The monoisotopic (exact) mass is 288 g/mol. The van der Waals surface area contributed by atoms with Gasteiger partial charge in [-0.15, -0.1) is 0 Å². The van der Waals surface area contributed by atoms with Crippen molar-refractivity contribution in [2.45, 2.75) is 33.7 Å². The van der Waals surface area contributed by atoms with E-state index in [1.54, 1.807) is 12.1 Å². The van der Waals surface area contributed by atoms with Crippen LogP contribution in [0.2, 0.25) is 0 Å². The molecule has 0 bridgehead atoms. The minimum Gasteiger partial charge on any atom is -0.478 e. The van der Waals surface area contributed by atoms with Gasteiger partial charge in [-0.2, -0.15) is 5.10 Å². The maximum atomic E-state index is 11.1. The van der Waals surface area contributed by atoms with E-state index in [0.717, 1.165) is 30.0 Å². The molecule has 0 amide bonds. The molecule has 0 spiro atoms. The Hall–Kier alpha value is -2.37. The maximum absolute atomic E-state index is 11.1. The van der Waals surface area contributed by atoms with Gasteiger partial charge in [0.1, 0.15) is 11.4 Å². The highest BCUT2D eigenvalue weighted by Crippen LogP contribution is 2.13. The first kappa shape index (κ1) is 15.0. The number of nitrogens with zero attached hydrogens (tertiary/aromatic N) is 3. The van der Waals surface area contributed by atoms with Gasteiger partial charge < -0.3 is 10.4 Å². The van der Waals surface area contributed by atoms with E-state index in [9.17, 15) is 4.79 Å². The number of hydrogen-bond acceptors (Lipinski definition) is 4. The molecule has 0 aliphatic carbocycles. The SMILES string of the molecule is Cc1ccc(C(=O)O)c(NCCCn2nc(C)cc2C)n1. The van der Waals surface area contributed by atoms with Gasteiger partial charge in [-0.05, 0) is 45.4 Å². The summed E-state index contributed by atoms with van der Waals surface area (Å²) in [4.78, 5) is 15.4. The van der Waals surface area contributed by atoms with Crippen molar-refractivity contribution in [2.75, 3.05) is 11.9 Å². The van der Waals surface area contributed by atoms with E-state index in [1.165, 1.54) is 0 Å². The molecule has 112 valence electrons. The van der Waals surface area contributed by atoms with Gasteiger partial charge in [0.25, 0.3) is 0 Å². The highest BCUT2D eigenvalue weighted by Gasteiger charge is 2.11. The minimum atomic E-state index is -0.969. The van der Waals surface area contributed by atoms with Crippen LogP contribution < -0.4 is 5.32 Å². The predicted molar refractivity (Wildman–Crippen MR) is 80.7 cm³/mol. The molecular formula is C15H20N4O2. The van der Waals surface area contributed by atoms with Crippen molar-refractivity contribution >= 4 is 11.8 Å². The topological polar surface area (TPSA) is 80.0 Å². The van der Waals surface area contributed by atoms with Crippen LogP contribution in [-0.4, -0.2) is 32.4 Å². The molecule has 2 rings (SSSR count). The van der Waals surface area contributed by atoms with Crippen LogP contribution in [-0.2, 0) is 6.54 Å². The number of nitrogens with one attached hydrogen (secondary N) is 1. The molecule has 0 unspecified atom stereocenters. The van der Waals surface area contributed by atoms with Crippen molar-refractivity contribution < 1.29 is 9.90 Å². The average molecular weight is 288 g/mol. The highest BCUT2D eigenvalue weighted by molar-refractivity contribution is 5.93. The number of aromatic carboxylic acids is 1. The van der Waals surface area contributed by atoms with Gasteiger partial charge in [-0.3, -0.25) is 4.68 Å². The summed E-state index contributed by atoms with van der Waals surface area (Å²) in [6, 6.07) is 5.32. The van der Waals surface area contributed by atoms with Crippen LogP contribution in [0.15, 0.2) is 18.2 Å². The fourth-order valence-electron chi connectivity index (χ4n) is 2.20. The van der Waals surface area contributed by atoms with E-state index in [2.05, 4.69) is 15.4 Å². The molecule has 2 aromatic heterocycles. The molecule has 6 heteroatoms. The van der Waals surface area contributed by atoms with E-state index >= 15 is 0 Å². The lowest BCUT2D eigenvalue weighted by Crippen LogP contribution is -2.13. The molecule has 0 fully saturated rings. The first-order valence-electron chi connectivity index (χ1n) is 6.93. The molecule has 0 aliphatic heterocycles. The van der Waals surface area contributed by atoms with E-state index in [4.69, 9.17) is 5.11 Å². The van der Waals surface area contributed by atoms with Gasteiger partial charge >= 0.3 is 5.97 Å². The second kappa shape index (κ2) is 6.39. The molecule has 0 aliphatic rings. The summed E-state index contributed by atoms with van der Waals surface area (Å²) in [6.07, 6.45) is 0.844. The van der Waals surface area contributed by atoms with Gasteiger partial charge in [0.2, 0.25) is 0 Å². The van der Waals surface area contributed by atoms with E-state index in [1.807, 2.05) is 31.5 Å². The molecule has 0 saturated carbocycles. The molecular weight excluding hydrogens is 268 g/mol. The Kier molecular flexibility index (Phi) is 4.57. The second-order valence-electron chi connectivity index (χ2n) is 5.08. The Morgan fingerprint density at radius 2 is 2.05 bits per heavy atom. The maximum Gasteiger partial charge on any atom is 0.339 e. The number of rotatable bonds is 6. The van der Waals surface area contributed by atoms with Gasteiger partial charge in [0.15, 0.2) is 0 Å². The minimum absolute atomic E-state index is 0.201. The number of aryl methyl sites for hydroxylation is 4. The summed E-state index contributed by atoms with van der Waals surface area (Å²) in [5.41, 5.74) is 3.13. The van der Waals surface area contributed by atoms with Crippen LogP contribution in [0.4, 0.5) is 5.82 Å². The van der Waals surface area contributed by atoms with Crippen molar-refractivity contribution in [1.82, 2.24) is 14.8 Å². The Bertz CT molecular complexity index is 649. The number of hydrogen-bond donors (Lipinski definition) is 2. The molecule has 6 nitrogen and oxygen atoms in total. The molecule has 0 radical (unpaired) electrons. The van der Waals surface area contributed by atoms with Crippen LogP contribution in [0, 0.1) is 20.8 Å². The first-order chi connectivity index (χ1) is 9.97. The van der Waals surface area contributed by atoms with E-state index in [-0.39, 0.29) is 5.56 Å². The van der Waals surface area contributed by atoms with Gasteiger partial charge in [0, 0.05) is 24.5 Å². The summed E-state index contributed by atoms with van der Waals surface area (Å²) in [5, 5.41) is 16.6. The normalized spacial score (nSPS) is 10.6. The Balaban J connectivity index is 1.93. The average Bonchev–Trinajstić information content (AvgIpc) is 2.73. The highest BCUT2D eigenvalue weighted by atomic mass is 16.4. The molecule has 21 heavy (non-hydrogen) atoms. The van der Waals surface area contributed by atoms with E-state index in [0.29, 0.717) is 12.4 Å². The zero-order valence-electron chi connectivity index (χ0n) is 12.6. The largest absolute Gasteiger partial charge is 0.478 e. The fraction of sp³-hybridized carbons (Fsp3) is 0.400. The lowest BCUT2D eigenvalue weighted by molar-refractivity contribution is 0.0697. The number of pyridine rings is 1. The van der Waals surface area contributed by atoms with Crippen molar-refractivity contribution in [3.05, 3.63) is 40.8 Å². The third-order valence-electron chi connectivity index (χ3n) is 3.21. The predicted octanol–water partition coefficient (Wildman–Crippen LogP) is 2.40. The first-order valence-corrected chi connectivity index (χ1v) is 6.93. The third-order valence-corrected chi connectivity index (χ3v) is 3.21. The summed E-state index contributed by atoms with van der Waals surface area (Å²) in [7, 11) is 0. The lowest BCUT2D eigenvalue weighted by atomic mass is 10.2. The molecule has 0 atom stereocenters. The number of carbonyl (C=O) groups is 1. The van der Waals surface area contributed by atoms with Crippen molar-refractivity contribution in [1.29, 1.82) is 0 Å². The van der Waals surface area contributed by atoms with Crippen LogP contribution in [0.3, 0.4) is 0 Å². The summed E-state index contributed by atoms with van der Waals surface area (Å²) >= 11 is 0. The van der Waals surface area contributed by atoms with Crippen molar-refractivity contribution in [2.24, 2.45) is 0 Å². The van der Waals surface area contributed by atoms with Crippen molar-refractivity contribution in [3.8, 4) is 0 Å². The van der Waals surface area contributed by atoms with Crippen LogP contribution in [0.1, 0.15) is 33.9 Å². The number of carboxylic acid groups (broad SMARTS) is 1. The zero-order valence-corrected chi connectivity index (χ0v) is 12.6. The van der Waals surface area contributed by atoms with Crippen LogP contribution in [0.25, 0.3) is 0 Å². The number of carboxylic acids is 1. The molecule has 0 aromatic carbocycles. The van der Waals surface area contributed by atoms with Gasteiger partial charge in [0.05, 0.1) is 5.69 Å². The van der Waals surface area contributed by atoms with Gasteiger partial charge in [-0.1, -0.05) is 0 Å². The summed E-state index contributed by atoms with van der Waals surface area (Å²) in [6.45, 7) is 7.28. The standard InChI is InChI=1S/C15H20N4O2/c1-10-5-6-13(15(20)21)14(17-10)16-7-4-8-19-12(3)9-11(2)18-19/h5-6,9H,4,7-8H2,1-3H3,(H,16,17)(H,20,21).